The first-order valence-electron chi connectivity index (χ1n) is 17.4. The lowest BCUT2D eigenvalue weighted by atomic mass is 9.89. The fourth-order valence-corrected chi connectivity index (χ4v) is 7.60. The van der Waals surface area contributed by atoms with Gasteiger partial charge < -0.3 is 24.5 Å². The number of benzene rings is 3. The van der Waals surface area contributed by atoms with Crippen LogP contribution < -0.4 is 14.4 Å². The number of piperidine rings is 1. The third-order valence-corrected chi connectivity index (χ3v) is 10.2. The number of rotatable bonds is 10. The zero-order valence-corrected chi connectivity index (χ0v) is 28.8. The van der Waals surface area contributed by atoms with Crippen molar-refractivity contribution in [2.75, 3.05) is 44.7 Å². The minimum Gasteiger partial charge on any atom is -0.497 e. The van der Waals surface area contributed by atoms with Crippen LogP contribution in [0.25, 0.3) is 11.0 Å². The predicted molar refractivity (Wildman–Crippen MR) is 193 cm³/mol. The molecule has 9 nitrogen and oxygen atoms in total. The summed E-state index contributed by atoms with van der Waals surface area (Å²) >= 11 is 0. The van der Waals surface area contributed by atoms with Gasteiger partial charge in [-0.3, -0.25) is 9.80 Å². The Labute approximate surface area is 292 Å². The molecule has 10 heteroatoms. The summed E-state index contributed by atoms with van der Waals surface area (Å²) in [5.41, 5.74) is 5.45. The number of ether oxygens (including phenoxy) is 2. The molecule has 2 aliphatic heterocycles. The molecule has 2 N–H and O–H groups in total. The van der Waals surface area contributed by atoms with Crippen molar-refractivity contribution in [3.8, 4) is 17.2 Å². The van der Waals surface area contributed by atoms with Crippen LogP contribution in [-0.2, 0) is 6.54 Å². The summed E-state index contributed by atoms with van der Waals surface area (Å²) in [7, 11) is 1.70. The molecule has 50 heavy (non-hydrogen) atoms. The van der Waals surface area contributed by atoms with Crippen LogP contribution >= 0.6 is 0 Å². The number of nitrogens with zero attached hydrogens (tertiary/aromatic N) is 4. The highest BCUT2D eigenvalue weighted by Gasteiger charge is 2.36. The zero-order valence-electron chi connectivity index (χ0n) is 28.8. The molecule has 2 aromatic heterocycles. The molecule has 0 saturated carbocycles. The number of carboxylic acids is 1. The molecule has 2 saturated heterocycles. The van der Waals surface area contributed by atoms with Crippen molar-refractivity contribution in [2.24, 2.45) is 0 Å². The number of fused-ring (bicyclic) bond motifs is 1. The number of carbonyl (C=O) groups is 1. The van der Waals surface area contributed by atoms with Gasteiger partial charge in [-0.15, -0.1) is 0 Å². The first-order valence-corrected chi connectivity index (χ1v) is 17.4. The van der Waals surface area contributed by atoms with Crippen LogP contribution in [0.5, 0.6) is 17.2 Å². The van der Waals surface area contributed by atoms with Gasteiger partial charge in [0.2, 0.25) is 0 Å². The fraction of sp³-hybridized carbons (Fsp3) is 0.350. The Bertz CT molecular complexity index is 1950. The number of nitrogens with one attached hydrogen (secondary N) is 1. The first kappa shape index (κ1) is 33.6. The summed E-state index contributed by atoms with van der Waals surface area (Å²) in [6.07, 6.45) is 4.68. The minimum atomic E-state index is -1.09. The number of aromatic amines is 1. The number of aromatic carboxylic acids is 1. The number of hydrogen-bond acceptors (Lipinski definition) is 7. The molecule has 4 heterocycles. The van der Waals surface area contributed by atoms with Crippen molar-refractivity contribution in [2.45, 2.75) is 51.2 Å². The summed E-state index contributed by atoms with van der Waals surface area (Å²) in [5, 5.41) is 10.2. The highest BCUT2D eigenvalue weighted by Crippen LogP contribution is 2.37. The van der Waals surface area contributed by atoms with E-state index in [2.05, 4.69) is 74.9 Å². The molecule has 2 fully saturated rings. The second kappa shape index (κ2) is 14.5. The Morgan fingerprint density at radius 3 is 2.52 bits per heavy atom. The van der Waals surface area contributed by atoms with E-state index in [9.17, 15) is 14.3 Å². The van der Waals surface area contributed by atoms with E-state index in [1.54, 1.807) is 19.2 Å². The maximum absolute atomic E-state index is 14.2. The molecule has 0 amide bonds. The summed E-state index contributed by atoms with van der Waals surface area (Å²) in [6, 6.07) is 24.8. The maximum Gasteiger partial charge on any atom is 0.339 e. The molecular weight excluding hydrogens is 633 g/mol. The van der Waals surface area contributed by atoms with Crippen molar-refractivity contribution in [1.82, 2.24) is 19.8 Å². The fourth-order valence-electron chi connectivity index (χ4n) is 7.60. The molecule has 2 aliphatic rings. The molecule has 3 aromatic carbocycles. The van der Waals surface area contributed by atoms with Crippen molar-refractivity contribution in [3.63, 3.8) is 0 Å². The molecule has 260 valence electrons. The Kier molecular flexibility index (Phi) is 9.74. The summed E-state index contributed by atoms with van der Waals surface area (Å²) in [6.45, 7) is 10.1. The second-order valence-electron chi connectivity index (χ2n) is 13.6. The molecular formula is C40H44FN5O4. The molecule has 0 bridgehead atoms. The number of pyridine rings is 1. The lowest BCUT2D eigenvalue weighted by molar-refractivity contribution is 0.0271. The third-order valence-electron chi connectivity index (χ3n) is 10.2. The summed E-state index contributed by atoms with van der Waals surface area (Å²) < 4.78 is 25.6. The monoisotopic (exact) mass is 677 g/mol. The first-order chi connectivity index (χ1) is 24.3. The largest absolute Gasteiger partial charge is 0.497 e. The van der Waals surface area contributed by atoms with Gasteiger partial charge in [-0.2, -0.15) is 0 Å². The van der Waals surface area contributed by atoms with Crippen molar-refractivity contribution >= 4 is 22.7 Å². The van der Waals surface area contributed by atoms with Crippen molar-refractivity contribution in [1.29, 1.82) is 0 Å². The molecule has 5 aromatic rings. The lowest BCUT2D eigenvalue weighted by Crippen LogP contribution is -2.54. The van der Waals surface area contributed by atoms with E-state index in [0.29, 0.717) is 17.6 Å². The Hall–Kier alpha value is -4.93. The molecule has 7 rings (SSSR count). The van der Waals surface area contributed by atoms with Crippen LogP contribution in [0.1, 0.15) is 65.7 Å². The second-order valence-corrected chi connectivity index (χ2v) is 13.6. The Morgan fingerprint density at radius 1 is 1.00 bits per heavy atom. The standard InChI is InChI=1S/C40H44FN5O4/c1-26(2)32-6-4-5-7-33(32)37-25-44(24-27-8-11-30(49-3)12-9-27)18-19-46(37)28-14-16-45(17-15-28)29-10-13-34(40(47)48)38(20-29)50-31-21-35-36(41)23-43-39(35)42-22-31/h4-13,20-23,26,28,37H,14-19,24-25H2,1-3H3,(H,42,43)(H,47,48)/t37-/m0/s1. The van der Waals surface area contributed by atoms with Crippen LogP contribution in [-0.4, -0.2) is 76.7 Å². The minimum absolute atomic E-state index is 0.0393. The lowest BCUT2D eigenvalue weighted by Gasteiger charge is -2.48. The summed E-state index contributed by atoms with van der Waals surface area (Å²) in [4.78, 5) is 26.7. The van der Waals surface area contributed by atoms with Gasteiger partial charge in [-0.1, -0.05) is 50.2 Å². The van der Waals surface area contributed by atoms with E-state index in [1.165, 1.54) is 35.2 Å². The van der Waals surface area contributed by atoms with E-state index in [1.807, 2.05) is 18.2 Å². The van der Waals surface area contributed by atoms with E-state index < -0.39 is 11.8 Å². The van der Waals surface area contributed by atoms with Crippen molar-refractivity contribution < 1.29 is 23.8 Å². The smallest absolute Gasteiger partial charge is 0.339 e. The van der Waals surface area contributed by atoms with Crippen LogP contribution in [0.2, 0.25) is 0 Å². The highest BCUT2D eigenvalue weighted by molar-refractivity contribution is 5.92. The van der Waals surface area contributed by atoms with Crippen LogP contribution in [0.3, 0.4) is 0 Å². The molecule has 0 aliphatic carbocycles. The number of H-pyrrole nitrogens is 1. The van der Waals surface area contributed by atoms with Gasteiger partial charge in [0.15, 0.2) is 0 Å². The van der Waals surface area contributed by atoms with Gasteiger partial charge in [0.1, 0.15) is 34.3 Å². The van der Waals surface area contributed by atoms with Crippen LogP contribution in [0, 0.1) is 5.82 Å². The van der Waals surface area contributed by atoms with Gasteiger partial charge in [-0.05, 0) is 65.8 Å². The maximum atomic E-state index is 14.2. The van der Waals surface area contributed by atoms with Gasteiger partial charge in [0, 0.05) is 69.3 Å². The number of anilines is 1. The van der Waals surface area contributed by atoms with E-state index >= 15 is 0 Å². The van der Waals surface area contributed by atoms with Gasteiger partial charge in [-0.25, -0.2) is 14.2 Å². The predicted octanol–water partition coefficient (Wildman–Crippen LogP) is 7.85. The molecule has 0 radical (unpaired) electrons. The van der Waals surface area contributed by atoms with Crippen LogP contribution in [0.15, 0.2) is 85.2 Å². The average molecular weight is 678 g/mol. The summed E-state index contributed by atoms with van der Waals surface area (Å²) in [5.74, 6) is 0.240. The SMILES string of the molecule is COc1ccc(CN2CCN(C3CCN(c4ccc(C(=O)O)c(Oc5cnc6[nH]cc(F)c6c5)c4)CC3)[C@H](c3ccccc3C(C)C)C2)cc1. The number of hydrogen-bond donors (Lipinski definition) is 2. The van der Waals surface area contributed by atoms with E-state index in [0.717, 1.165) is 63.5 Å². The molecule has 1 atom stereocenters. The van der Waals surface area contributed by atoms with Gasteiger partial charge in [0.05, 0.1) is 18.7 Å². The Morgan fingerprint density at radius 2 is 1.78 bits per heavy atom. The number of methoxy groups -OCH3 is 1. The number of piperazine rings is 1. The Balaban J connectivity index is 1.08. The van der Waals surface area contributed by atoms with E-state index in [-0.39, 0.29) is 28.5 Å². The van der Waals surface area contributed by atoms with Crippen LogP contribution in [0.4, 0.5) is 10.1 Å². The van der Waals surface area contributed by atoms with Gasteiger partial charge >= 0.3 is 5.97 Å². The average Bonchev–Trinajstić information content (AvgIpc) is 3.51. The number of halogens is 1. The third kappa shape index (κ3) is 7.04. The van der Waals surface area contributed by atoms with Crippen molar-refractivity contribution in [3.05, 3.63) is 113 Å². The number of carboxylic acid groups (broad SMARTS) is 1. The number of aromatic nitrogens is 2. The topological polar surface area (TPSA) is 94.2 Å². The van der Waals surface area contributed by atoms with E-state index in [4.69, 9.17) is 9.47 Å². The zero-order chi connectivity index (χ0) is 34.8. The normalized spacial score (nSPS) is 17.8. The molecule has 0 unspecified atom stereocenters. The highest BCUT2D eigenvalue weighted by atomic mass is 19.1. The quantitative estimate of drug-likeness (QED) is 0.154. The van der Waals surface area contributed by atoms with Gasteiger partial charge in [0.25, 0.3) is 0 Å². The molecule has 0 spiro atoms.